The van der Waals surface area contributed by atoms with Gasteiger partial charge < -0.3 is 19.5 Å². The predicted octanol–water partition coefficient (Wildman–Crippen LogP) is 3.57. The summed E-state index contributed by atoms with van der Waals surface area (Å²) < 4.78 is 7.02. The van der Waals surface area contributed by atoms with Crippen molar-refractivity contribution in [1.82, 2.24) is 9.47 Å². The lowest BCUT2D eigenvalue weighted by Gasteiger charge is -2.25. The molecule has 3 rings (SSSR count). The molecular weight excluding hydrogens is 318 g/mol. The van der Waals surface area contributed by atoms with Crippen molar-refractivity contribution in [1.29, 1.82) is 0 Å². The zero-order chi connectivity index (χ0) is 17.8. The van der Waals surface area contributed by atoms with Gasteiger partial charge in [0.2, 0.25) is 0 Å². The molecule has 6 nitrogen and oxygen atoms in total. The average Bonchev–Trinajstić information content (AvgIpc) is 3.24. The monoisotopic (exact) mass is 341 g/mol. The van der Waals surface area contributed by atoms with E-state index >= 15 is 0 Å². The third-order valence-corrected chi connectivity index (χ3v) is 4.49. The molecule has 2 heterocycles. The smallest absolute Gasteiger partial charge is 0.338 e. The molecule has 0 saturated carbocycles. The van der Waals surface area contributed by atoms with Crippen molar-refractivity contribution in [3.63, 3.8) is 0 Å². The van der Waals surface area contributed by atoms with Crippen LogP contribution in [-0.2, 0) is 11.8 Å². The number of hydrogen-bond donors (Lipinski definition) is 1. The van der Waals surface area contributed by atoms with Crippen molar-refractivity contribution >= 4 is 17.7 Å². The Balaban J connectivity index is 1.67. The number of hydrogen-bond acceptors (Lipinski definition) is 3. The SMILES string of the molecule is CCOC(=O)c1ccc(NC(=O)N2CCCC2c2cccn2C)cc1. The van der Waals surface area contributed by atoms with Crippen molar-refractivity contribution in [3.05, 3.63) is 53.9 Å². The Morgan fingerprint density at radius 2 is 2.00 bits per heavy atom. The zero-order valence-corrected chi connectivity index (χ0v) is 14.6. The molecule has 132 valence electrons. The second-order valence-electron chi connectivity index (χ2n) is 6.12. The van der Waals surface area contributed by atoms with Crippen molar-refractivity contribution < 1.29 is 14.3 Å². The van der Waals surface area contributed by atoms with Gasteiger partial charge in [-0.2, -0.15) is 0 Å². The molecule has 0 aliphatic carbocycles. The summed E-state index contributed by atoms with van der Waals surface area (Å²) in [6, 6.07) is 10.8. The topological polar surface area (TPSA) is 63.6 Å². The lowest BCUT2D eigenvalue weighted by Crippen LogP contribution is -2.35. The molecule has 2 amide bonds. The summed E-state index contributed by atoms with van der Waals surface area (Å²) in [4.78, 5) is 26.2. The quantitative estimate of drug-likeness (QED) is 0.865. The molecule has 1 atom stereocenters. The van der Waals surface area contributed by atoms with Gasteiger partial charge in [-0.05, 0) is 56.2 Å². The van der Waals surface area contributed by atoms with Crippen molar-refractivity contribution in [2.24, 2.45) is 7.05 Å². The molecule has 1 aliphatic rings. The van der Waals surface area contributed by atoms with Gasteiger partial charge in [0.1, 0.15) is 0 Å². The maximum atomic E-state index is 12.7. The van der Waals surface area contributed by atoms with Gasteiger partial charge in [-0.15, -0.1) is 0 Å². The number of amides is 2. The Morgan fingerprint density at radius 1 is 1.24 bits per heavy atom. The van der Waals surface area contributed by atoms with Crippen LogP contribution < -0.4 is 5.32 Å². The van der Waals surface area contributed by atoms with Crippen LogP contribution in [0.1, 0.15) is 41.9 Å². The van der Waals surface area contributed by atoms with Crippen LogP contribution in [0, 0.1) is 0 Å². The molecule has 1 unspecified atom stereocenters. The van der Waals surface area contributed by atoms with Crippen LogP contribution in [0.2, 0.25) is 0 Å². The summed E-state index contributed by atoms with van der Waals surface area (Å²) in [6.45, 7) is 2.85. The fourth-order valence-electron chi connectivity index (χ4n) is 3.24. The van der Waals surface area contributed by atoms with Gasteiger partial charge in [-0.3, -0.25) is 0 Å². The number of aromatic nitrogens is 1. The first-order valence-corrected chi connectivity index (χ1v) is 8.56. The Kier molecular flexibility index (Phi) is 5.07. The number of urea groups is 1. The molecule has 1 aliphatic heterocycles. The molecule has 1 fully saturated rings. The highest BCUT2D eigenvalue weighted by molar-refractivity contribution is 5.92. The Bertz CT molecular complexity index is 752. The number of likely N-dealkylation sites (tertiary alicyclic amines) is 1. The molecule has 1 N–H and O–H groups in total. The number of nitrogens with one attached hydrogen (secondary N) is 1. The molecule has 0 radical (unpaired) electrons. The molecule has 6 heteroatoms. The normalized spacial score (nSPS) is 16.7. The van der Waals surface area contributed by atoms with Crippen LogP contribution in [-0.4, -0.2) is 34.6 Å². The third kappa shape index (κ3) is 3.68. The number of esters is 1. The van der Waals surface area contributed by atoms with E-state index in [1.807, 2.05) is 24.2 Å². The van der Waals surface area contributed by atoms with Gasteiger partial charge in [0.05, 0.1) is 18.2 Å². The van der Waals surface area contributed by atoms with Gasteiger partial charge in [-0.25, -0.2) is 9.59 Å². The Hall–Kier alpha value is -2.76. The van der Waals surface area contributed by atoms with Crippen LogP contribution in [0.15, 0.2) is 42.6 Å². The summed E-state index contributed by atoms with van der Waals surface area (Å²) >= 11 is 0. The standard InChI is InChI=1S/C19H23N3O3/c1-3-25-18(23)14-8-10-15(11-9-14)20-19(24)22-13-5-7-17(22)16-6-4-12-21(16)2/h4,6,8-12,17H,3,5,7,13H2,1-2H3,(H,20,24). The lowest BCUT2D eigenvalue weighted by molar-refractivity contribution is 0.0526. The maximum absolute atomic E-state index is 12.7. The van der Waals surface area contributed by atoms with Crippen LogP contribution >= 0.6 is 0 Å². The van der Waals surface area contributed by atoms with E-state index in [2.05, 4.69) is 16.0 Å². The second-order valence-corrected chi connectivity index (χ2v) is 6.12. The summed E-state index contributed by atoms with van der Waals surface area (Å²) in [5.41, 5.74) is 2.28. The minimum absolute atomic E-state index is 0.0961. The van der Waals surface area contributed by atoms with Crippen LogP contribution in [0.25, 0.3) is 0 Å². The maximum Gasteiger partial charge on any atom is 0.338 e. The van der Waals surface area contributed by atoms with Crippen LogP contribution in [0.5, 0.6) is 0 Å². The van der Waals surface area contributed by atoms with Gasteiger partial charge in [0.15, 0.2) is 0 Å². The summed E-state index contributed by atoms with van der Waals surface area (Å²) in [7, 11) is 2.00. The van der Waals surface area contributed by atoms with E-state index in [1.165, 1.54) is 0 Å². The largest absolute Gasteiger partial charge is 0.462 e. The van der Waals surface area contributed by atoms with Gasteiger partial charge in [-0.1, -0.05) is 0 Å². The number of carbonyl (C=O) groups excluding carboxylic acids is 2. The summed E-state index contributed by atoms with van der Waals surface area (Å²) in [5.74, 6) is -0.358. The van der Waals surface area contributed by atoms with Crippen LogP contribution in [0.3, 0.4) is 0 Å². The minimum Gasteiger partial charge on any atom is -0.462 e. The molecule has 25 heavy (non-hydrogen) atoms. The number of benzene rings is 1. The van der Waals surface area contributed by atoms with Gasteiger partial charge in [0.25, 0.3) is 0 Å². The number of aryl methyl sites for hydroxylation is 1. The van der Waals surface area contributed by atoms with E-state index in [0.29, 0.717) is 17.9 Å². The predicted molar refractivity (Wildman–Crippen MR) is 95.5 cm³/mol. The minimum atomic E-state index is -0.358. The molecule has 1 saturated heterocycles. The highest BCUT2D eigenvalue weighted by Crippen LogP contribution is 2.32. The van der Waals surface area contributed by atoms with Gasteiger partial charge >= 0.3 is 12.0 Å². The highest BCUT2D eigenvalue weighted by Gasteiger charge is 2.31. The Labute approximate surface area is 147 Å². The first kappa shape index (κ1) is 17.1. The fraction of sp³-hybridized carbons (Fsp3) is 0.368. The Morgan fingerprint density at radius 3 is 2.64 bits per heavy atom. The average molecular weight is 341 g/mol. The van der Waals surface area contributed by atoms with Gasteiger partial charge in [0, 0.05) is 31.2 Å². The van der Waals surface area contributed by atoms with Crippen molar-refractivity contribution in [2.75, 3.05) is 18.5 Å². The van der Waals surface area contributed by atoms with E-state index in [-0.39, 0.29) is 18.0 Å². The molecule has 1 aromatic carbocycles. The number of ether oxygens (including phenoxy) is 1. The van der Waals surface area contributed by atoms with E-state index in [4.69, 9.17) is 4.74 Å². The molecule has 0 spiro atoms. The van der Waals surface area contributed by atoms with Crippen molar-refractivity contribution in [2.45, 2.75) is 25.8 Å². The lowest BCUT2D eigenvalue weighted by atomic mass is 10.1. The van der Waals surface area contributed by atoms with E-state index in [9.17, 15) is 9.59 Å². The van der Waals surface area contributed by atoms with E-state index < -0.39 is 0 Å². The van der Waals surface area contributed by atoms with E-state index in [1.54, 1.807) is 31.2 Å². The third-order valence-electron chi connectivity index (χ3n) is 4.49. The molecule has 0 bridgehead atoms. The first-order chi connectivity index (χ1) is 12.1. The van der Waals surface area contributed by atoms with Crippen molar-refractivity contribution in [3.8, 4) is 0 Å². The molecular formula is C19H23N3O3. The summed E-state index contributed by atoms with van der Waals surface area (Å²) in [5, 5.41) is 2.92. The number of anilines is 1. The molecule has 2 aromatic rings. The fourth-order valence-corrected chi connectivity index (χ4v) is 3.24. The zero-order valence-electron chi connectivity index (χ0n) is 14.6. The number of rotatable bonds is 4. The van der Waals surface area contributed by atoms with Crippen LogP contribution in [0.4, 0.5) is 10.5 Å². The molecule has 1 aromatic heterocycles. The van der Waals surface area contributed by atoms with E-state index in [0.717, 1.165) is 25.1 Å². The first-order valence-electron chi connectivity index (χ1n) is 8.56. The highest BCUT2D eigenvalue weighted by atomic mass is 16.5. The second kappa shape index (κ2) is 7.42. The number of carbonyl (C=O) groups is 2. The summed E-state index contributed by atoms with van der Waals surface area (Å²) in [6.07, 6.45) is 3.95. The number of nitrogens with zero attached hydrogens (tertiary/aromatic N) is 2.